The van der Waals surface area contributed by atoms with Gasteiger partial charge in [-0.3, -0.25) is 9.59 Å². The Labute approximate surface area is 106 Å². The van der Waals surface area contributed by atoms with Gasteiger partial charge < -0.3 is 10.0 Å². The van der Waals surface area contributed by atoms with Crippen LogP contribution in [0.1, 0.15) is 18.4 Å². The van der Waals surface area contributed by atoms with Gasteiger partial charge in [0.05, 0.1) is 12.5 Å². The van der Waals surface area contributed by atoms with Crippen molar-refractivity contribution < 1.29 is 14.7 Å². The van der Waals surface area contributed by atoms with E-state index >= 15 is 0 Å². The van der Waals surface area contributed by atoms with E-state index in [-0.39, 0.29) is 18.2 Å². The van der Waals surface area contributed by atoms with Crippen LogP contribution in [0.15, 0.2) is 42.6 Å². The van der Waals surface area contributed by atoms with E-state index in [0.717, 1.165) is 5.56 Å². The van der Waals surface area contributed by atoms with Crippen molar-refractivity contribution >= 4 is 11.9 Å². The summed E-state index contributed by atoms with van der Waals surface area (Å²) < 4.78 is 0. The number of carboxylic acids is 1. The molecule has 0 saturated carbocycles. The molecule has 0 spiro atoms. The van der Waals surface area contributed by atoms with Gasteiger partial charge in [-0.05, 0) is 12.0 Å². The van der Waals surface area contributed by atoms with E-state index in [0.29, 0.717) is 13.0 Å². The molecule has 0 fully saturated rings. The van der Waals surface area contributed by atoms with Crippen LogP contribution in [0.2, 0.25) is 0 Å². The second-order valence-electron chi connectivity index (χ2n) is 4.33. The zero-order chi connectivity index (χ0) is 13.0. The van der Waals surface area contributed by atoms with Gasteiger partial charge in [-0.15, -0.1) is 0 Å². The Kier molecular flexibility index (Phi) is 3.77. The molecule has 0 aliphatic carbocycles. The summed E-state index contributed by atoms with van der Waals surface area (Å²) >= 11 is 0. The molecule has 1 atom stereocenters. The molecule has 0 bridgehead atoms. The third-order valence-electron chi connectivity index (χ3n) is 2.96. The van der Waals surface area contributed by atoms with Gasteiger partial charge >= 0.3 is 5.97 Å². The highest BCUT2D eigenvalue weighted by atomic mass is 16.4. The number of carbonyl (C=O) groups excluding carboxylic acids is 1. The van der Waals surface area contributed by atoms with Gasteiger partial charge in [0.1, 0.15) is 0 Å². The zero-order valence-electron chi connectivity index (χ0n) is 9.95. The average molecular weight is 245 g/mol. The first kappa shape index (κ1) is 12.4. The second-order valence-corrected chi connectivity index (χ2v) is 4.33. The molecule has 1 aliphatic heterocycles. The molecule has 1 aromatic rings. The monoisotopic (exact) mass is 245 g/mol. The number of hydrogen-bond acceptors (Lipinski definition) is 2. The molecule has 1 aromatic carbocycles. The molecule has 1 N–H and O–H groups in total. The molecule has 2 rings (SSSR count). The smallest absolute Gasteiger partial charge is 0.303 e. The quantitative estimate of drug-likeness (QED) is 0.863. The molecule has 0 radical (unpaired) electrons. The molecular formula is C14H15NO3. The van der Waals surface area contributed by atoms with Crippen LogP contribution >= 0.6 is 0 Å². The Hall–Kier alpha value is -2.10. The minimum Gasteiger partial charge on any atom is -0.481 e. The lowest BCUT2D eigenvalue weighted by Gasteiger charge is -2.16. The summed E-state index contributed by atoms with van der Waals surface area (Å²) in [7, 11) is 0. The van der Waals surface area contributed by atoms with Crippen molar-refractivity contribution in [2.24, 2.45) is 5.92 Å². The van der Waals surface area contributed by atoms with E-state index in [4.69, 9.17) is 5.11 Å². The van der Waals surface area contributed by atoms with Crippen molar-refractivity contribution in [3.05, 3.63) is 48.2 Å². The molecule has 0 saturated heterocycles. The van der Waals surface area contributed by atoms with Crippen LogP contribution in [0.3, 0.4) is 0 Å². The fraction of sp³-hybridized carbons (Fsp3) is 0.286. The fourth-order valence-corrected chi connectivity index (χ4v) is 1.99. The maximum absolute atomic E-state index is 12.0. The Morgan fingerprint density at radius 2 is 2.00 bits per heavy atom. The van der Waals surface area contributed by atoms with Crippen LogP contribution in [0.25, 0.3) is 0 Å². The van der Waals surface area contributed by atoms with Crippen molar-refractivity contribution in [2.75, 3.05) is 0 Å². The van der Waals surface area contributed by atoms with Gasteiger partial charge in [-0.2, -0.15) is 0 Å². The van der Waals surface area contributed by atoms with Gasteiger partial charge in [0, 0.05) is 12.6 Å². The highest BCUT2D eigenvalue weighted by Crippen LogP contribution is 2.21. The molecule has 1 unspecified atom stereocenters. The van der Waals surface area contributed by atoms with Crippen molar-refractivity contribution in [1.82, 2.24) is 4.90 Å². The topological polar surface area (TPSA) is 57.6 Å². The van der Waals surface area contributed by atoms with Gasteiger partial charge in [-0.1, -0.05) is 36.4 Å². The lowest BCUT2D eigenvalue weighted by Crippen LogP contribution is -2.25. The first-order valence-corrected chi connectivity index (χ1v) is 5.91. The molecular weight excluding hydrogens is 230 g/mol. The number of amides is 1. The van der Waals surface area contributed by atoms with Gasteiger partial charge in [-0.25, -0.2) is 0 Å². The standard InChI is InChI=1S/C14H15NO3/c16-13(17)7-6-12-8-9-15(14(12)18)10-11-4-2-1-3-5-11/h1-5,8-9,12H,6-7,10H2,(H,16,17). The molecule has 18 heavy (non-hydrogen) atoms. The van der Waals surface area contributed by atoms with Crippen LogP contribution < -0.4 is 0 Å². The summed E-state index contributed by atoms with van der Waals surface area (Å²) in [6.45, 7) is 0.541. The summed E-state index contributed by atoms with van der Waals surface area (Å²) in [5.41, 5.74) is 1.06. The second kappa shape index (κ2) is 5.49. The molecule has 4 nitrogen and oxygen atoms in total. The van der Waals surface area contributed by atoms with E-state index < -0.39 is 5.97 Å². The van der Waals surface area contributed by atoms with E-state index in [1.54, 1.807) is 17.2 Å². The molecule has 0 aromatic heterocycles. The van der Waals surface area contributed by atoms with Crippen LogP contribution in [0.5, 0.6) is 0 Å². The van der Waals surface area contributed by atoms with Crippen molar-refractivity contribution in [3.63, 3.8) is 0 Å². The molecule has 94 valence electrons. The number of aliphatic carboxylic acids is 1. The summed E-state index contributed by atoms with van der Waals surface area (Å²) in [5, 5.41) is 8.61. The Morgan fingerprint density at radius 1 is 1.28 bits per heavy atom. The molecule has 1 amide bonds. The summed E-state index contributed by atoms with van der Waals surface area (Å²) in [5.74, 6) is -1.16. The minimum atomic E-state index is -0.863. The van der Waals surface area contributed by atoms with E-state index in [1.807, 2.05) is 30.3 Å². The Bertz CT molecular complexity index is 467. The zero-order valence-corrected chi connectivity index (χ0v) is 9.95. The highest BCUT2D eigenvalue weighted by molar-refractivity contribution is 5.84. The van der Waals surface area contributed by atoms with Crippen LogP contribution in [0, 0.1) is 5.92 Å². The van der Waals surface area contributed by atoms with E-state index in [1.165, 1.54) is 0 Å². The summed E-state index contributed by atoms with van der Waals surface area (Å²) in [6.07, 6.45) is 3.94. The average Bonchev–Trinajstić information content (AvgIpc) is 2.70. The van der Waals surface area contributed by atoms with Crippen molar-refractivity contribution in [1.29, 1.82) is 0 Å². The Balaban J connectivity index is 1.92. The number of hydrogen-bond donors (Lipinski definition) is 1. The summed E-state index contributed by atoms with van der Waals surface area (Å²) in [6, 6.07) is 9.72. The van der Waals surface area contributed by atoms with Crippen LogP contribution in [0.4, 0.5) is 0 Å². The van der Waals surface area contributed by atoms with E-state index in [2.05, 4.69) is 0 Å². The van der Waals surface area contributed by atoms with Crippen molar-refractivity contribution in [3.8, 4) is 0 Å². The predicted octanol–water partition coefficient (Wildman–Crippen LogP) is 2.02. The number of carboxylic acid groups (broad SMARTS) is 1. The van der Waals surface area contributed by atoms with Gasteiger partial charge in [0.25, 0.3) is 0 Å². The van der Waals surface area contributed by atoms with Gasteiger partial charge in [0.15, 0.2) is 0 Å². The number of nitrogens with zero attached hydrogens (tertiary/aromatic N) is 1. The first-order valence-electron chi connectivity index (χ1n) is 5.91. The van der Waals surface area contributed by atoms with Crippen LogP contribution in [-0.2, 0) is 16.1 Å². The third-order valence-corrected chi connectivity index (χ3v) is 2.96. The molecule has 1 aliphatic rings. The predicted molar refractivity (Wildman–Crippen MR) is 66.5 cm³/mol. The van der Waals surface area contributed by atoms with Crippen molar-refractivity contribution in [2.45, 2.75) is 19.4 Å². The number of rotatable bonds is 5. The van der Waals surface area contributed by atoms with Crippen LogP contribution in [-0.4, -0.2) is 21.9 Å². The lowest BCUT2D eigenvalue weighted by atomic mass is 10.0. The summed E-state index contributed by atoms with van der Waals surface area (Å²) in [4.78, 5) is 24.1. The maximum atomic E-state index is 12.0. The van der Waals surface area contributed by atoms with Gasteiger partial charge in [0.2, 0.25) is 5.91 Å². The third kappa shape index (κ3) is 2.97. The normalized spacial score (nSPS) is 18.3. The largest absolute Gasteiger partial charge is 0.481 e. The Morgan fingerprint density at radius 3 is 2.67 bits per heavy atom. The van der Waals surface area contributed by atoms with E-state index in [9.17, 15) is 9.59 Å². The number of benzene rings is 1. The number of carbonyl (C=O) groups is 2. The SMILES string of the molecule is O=C(O)CCC1C=CN(Cc2ccccc2)C1=O. The minimum absolute atomic E-state index is 0.0138. The maximum Gasteiger partial charge on any atom is 0.303 e. The fourth-order valence-electron chi connectivity index (χ4n) is 1.99. The highest BCUT2D eigenvalue weighted by Gasteiger charge is 2.26. The molecule has 4 heteroatoms. The lowest BCUT2D eigenvalue weighted by molar-refractivity contribution is -0.137. The first-order chi connectivity index (χ1) is 8.66. The molecule has 1 heterocycles.